The van der Waals surface area contributed by atoms with Gasteiger partial charge >= 0.3 is 0 Å². The largest absolute Gasteiger partial charge is 0.399 e. The summed E-state index contributed by atoms with van der Waals surface area (Å²) in [7, 11) is 0. The minimum Gasteiger partial charge on any atom is -0.399 e. The standard InChI is InChI=1S/C14H19N3S2/c1-18-12-5-3-2-4-10(12)16-14-17-11-7-6-9(15)8-13(11)19-14/h6-8,10,12H,2-5,15H2,1H3,(H,16,17). The number of hydrogen-bond acceptors (Lipinski definition) is 5. The van der Waals surface area contributed by atoms with E-state index in [1.54, 1.807) is 11.3 Å². The van der Waals surface area contributed by atoms with Crippen LogP contribution in [0.4, 0.5) is 10.8 Å². The number of nitrogens with two attached hydrogens (primary N) is 1. The molecule has 2 aromatic rings. The normalized spacial score (nSPS) is 23.6. The van der Waals surface area contributed by atoms with E-state index in [-0.39, 0.29) is 0 Å². The third-order valence-electron chi connectivity index (χ3n) is 3.73. The highest BCUT2D eigenvalue weighted by Crippen LogP contribution is 2.33. The first-order chi connectivity index (χ1) is 9.26. The van der Waals surface area contributed by atoms with Crippen LogP contribution in [0.25, 0.3) is 10.2 Å². The second kappa shape index (κ2) is 5.59. The van der Waals surface area contributed by atoms with Crippen molar-refractivity contribution in [2.45, 2.75) is 37.0 Å². The molecule has 0 bridgehead atoms. The summed E-state index contributed by atoms with van der Waals surface area (Å²) in [6.07, 6.45) is 7.47. The molecule has 1 aromatic heterocycles. The van der Waals surface area contributed by atoms with Gasteiger partial charge in [-0.25, -0.2) is 4.98 Å². The molecule has 1 saturated carbocycles. The molecule has 1 fully saturated rings. The number of fused-ring (bicyclic) bond motifs is 1. The Kier molecular flexibility index (Phi) is 3.84. The summed E-state index contributed by atoms with van der Waals surface area (Å²) in [6.45, 7) is 0. The zero-order chi connectivity index (χ0) is 13.2. The van der Waals surface area contributed by atoms with Gasteiger partial charge in [0.1, 0.15) is 0 Å². The topological polar surface area (TPSA) is 50.9 Å². The molecule has 3 rings (SSSR count). The molecule has 2 atom stereocenters. The van der Waals surface area contributed by atoms with Gasteiger partial charge in [-0.15, -0.1) is 0 Å². The van der Waals surface area contributed by atoms with Gasteiger partial charge in [0.25, 0.3) is 0 Å². The fourth-order valence-electron chi connectivity index (χ4n) is 2.71. The predicted octanol–water partition coefficient (Wildman–Crippen LogP) is 3.96. The van der Waals surface area contributed by atoms with Crippen molar-refractivity contribution in [3.05, 3.63) is 18.2 Å². The van der Waals surface area contributed by atoms with E-state index in [9.17, 15) is 0 Å². The highest BCUT2D eigenvalue weighted by Gasteiger charge is 2.24. The maximum Gasteiger partial charge on any atom is 0.184 e. The molecule has 1 aliphatic carbocycles. The number of nitrogens with one attached hydrogen (secondary N) is 1. The van der Waals surface area contributed by atoms with Gasteiger partial charge in [-0.2, -0.15) is 11.8 Å². The molecule has 0 aliphatic heterocycles. The summed E-state index contributed by atoms with van der Waals surface area (Å²) in [6, 6.07) is 6.48. The van der Waals surface area contributed by atoms with Gasteiger partial charge in [0.2, 0.25) is 0 Å². The minimum absolute atomic E-state index is 0.557. The zero-order valence-corrected chi connectivity index (χ0v) is 12.7. The summed E-state index contributed by atoms with van der Waals surface area (Å²) in [5, 5.41) is 5.38. The number of anilines is 2. The highest BCUT2D eigenvalue weighted by atomic mass is 32.2. The number of nitrogen functional groups attached to an aromatic ring is 1. The average molecular weight is 293 g/mol. The van der Waals surface area contributed by atoms with Crippen LogP contribution in [0.2, 0.25) is 0 Å². The lowest BCUT2D eigenvalue weighted by molar-refractivity contribution is 0.475. The van der Waals surface area contributed by atoms with Crippen molar-refractivity contribution >= 4 is 44.1 Å². The number of benzene rings is 1. The lowest BCUT2D eigenvalue weighted by Crippen LogP contribution is -2.34. The minimum atomic E-state index is 0.557. The predicted molar refractivity (Wildman–Crippen MR) is 87.2 cm³/mol. The van der Waals surface area contributed by atoms with Crippen LogP contribution in [0.15, 0.2) is 18.2 Å². The van der Waals surface area contributed by atoms with Gasteiger partial charge in [0, 0.05) is 17.0 Å². The molecule has 1 heterocycles. The van der Waals surface area contributed by atoms with E-state index in [1.165, 1.54) is 30.4 Å². The quantitative estimate of drug-likeness (QED) is 0.841. The van der Waals surface area contributed by atoms with Gasteiger partial charge in [0.05, 0.1) is 10.2 Å². The number of thiazole rings is 1. The molecular weight excluding hydrogens is 274 g/mol. The van der Waals surface area contributed by atoms with Crippen molar-refractivity contribution < 1.29 is 0 Å². The Hall–Kier alpha value is -0.940. The Morgan fingerprint density at radius 2 is 2.21 bits per heavy atom. The molecule has 5 heteroatoms. The first-order valence-electron chi connectivity index (χ1n) is 6.71. The van der Waals surface area contributed by atoms with Crippen LogP contribution >= 0.6 is 23.1 Å². The SMILES string of the molecule is CSC1CCCCC1Nc1nc2ccc(N)cc2s1. The molecule has 102 valence electrons. The Balaban J connectivity index is 1.80. The second-order valence-electron chi connectivity index (χ2n) is 5.06. The molecule has 19 heavy (non-hydrogen) atoms. The zero-order valence-electron chi connectivity index (χ0n) is 11.1. The monoisotopic (exact) mass is 293 g/mol. The van der Waals surface area contributed by atoms with Crippen LogP contribution < -0.4 is 11.1 Å². The maximum absolute atomic E-state index is 5.82. The van der Waals surface area contributed by atoms with E-state index in [2.05, 4.69) is 16.6 Å². The molecule has 0 saturated heterocycles. The molecule has 0 amide bonds. The molecular formula is C14H19N3S2. The van der Waals surface area contributed by atoms with Gasteiger partial charge in [-0.1, -0.05) is 24.2 Å². The molecule has 3 N–H and O–H groups in total. The maximum atomic E-state index is 5.82. The van der Waals surface area contributed by atoms with Gasteiger partial charge in [-0.3, -0.25) is 0 Å². The van der Waals surface area contributed by atoms with Crippen LogP contribution in [-0.2, 0) is 0 Å². The number of nitrogens with zero attached hydrogens (tertiary/aromatic N) is 1. The van der Waals surface area contributed by atoms with Crippen molar-refractivity contribution in [3.8, 4) is 0 Å². The van der Waals surface area contributed by atoms with Gasteiger partial charge < -0.3 is 11.1 Å². The lowest BCUT2D eigenvalue weighted by atomic mass is 9.95. The van der Waals surface area contributed by atoms with E-state index in [1.807, 2.05) is 30.0 Å². The van der Waals surface area contributed by atoms with E-state index in [4.69, 9.17) is 5.73 Å². The molecule has 3 nitrogen and oxygen atoms in total. The van der Waals surface area contributed by atoms with Crippen molar-refractivity contribution in [3.63, 3.8) is 0 Å². The number of hydrogen-bond donors (Lipinski definition) is 2. The first kappa shape index (κ1) is 13.1. The van der Waals surface area contributed by atoms with Crippen LogP contribution in [0.3, 0.4) is 0 Å². The summed E-state index contributed by atoms with van der Waals surface area (Å²) in [5.74, 6) is 0. The van der Waals surface area contributed by atoms with E-state index >= 15 is 0 Å². The Morgan fingerprint density at radius 1 is 1.37 bits per heavy atom. The Bertz CT molecular complexity index is 567. The third kappa shape index (κ3) is 2.82. The van der Waals surface area contributed by atoms with Crippen molar-refractivity contribution in [1.82, 2.24) is 4.98 Å². The number of aromatic nitrogens is 1. The second-order valence-corrected chi connectivity index (χ2v) is 7.16. The van der Waals surface area contributed by atoms with Gasteiger partial charge in [0.15, 0.2) is 5.13 Å². The summed E-state index contributed by atoms with van der Waals surface area (Å²) in [5.41, 5.74) is 7.66. The first-order valence-corrected chi connectivity index (χ1v) is 8.82. The van der Waals surface area contributed by atoms with E-state index in [0.29, 0.717) is 11.3 Å². The van der Waals surface area contributed by atoms with E-state index in [0.717, 1.165) is 16.3 Å². The molecule has 0 spiro atoms. The Morgan fingerprint density at radius 3 is 3.05 bits per heavy atom. The van der Waals surface area contributed by atoms with E-state index < -0.39 is 0 Å². The molecule has 1 aromatic carbocycles. The van der Waals surface area contributed by atoms with Crippen molar-refractivity contribution in [2.24, 2.45) is 0 Å². The fourth-order valence-corrected chi connectivity index (χ4v) is 4.62. The van der Waals surface area contributed by atoms with Crippen LogP contribution in [0.5, 0.6) is 0 Å². The smallest absolute Gasteiger partial charge is 0.184 e. The summed E-state index contributed by atoms with van der Waals surface area (Å²) < 4.78 is 1.17. The lowest BCUT2D eigenvalue weighted by Gasteiger charge is -2.30. The molecule has 0 radical (unpaired) electrons. The summed E-state index contributed by atoms with van der Waals surface area (Å²) >= 11 is 3.68. The van der Waals surface area contributed by atoms with Crippen molar-refractivity contribution in [2.75, 3.05) is 17.3 Å². The van der Waals surface area contributed by atoms with Gasteiger partial charge in [-0.05, 0) is 37.3 Å². The fraction of sp³-hybridized carbons (Fsp3) is 0.500. The average Bonchev–Trinajstić information content (AvgIpc) is 2.80. The summed E-state index contributed by atoms with van der Waals surface area (Å²) in [4.78, 5) is 4.66. The highest BCUT2D eigenvalue weighted by molar-refractivity contribution is 7.99. The third-order valence-corrected chi connectivity index (χ3v) is 5.85. The van der Waals surface area contributed by atoms with Crippen LogP contribution in [0, 0.1) is 0 Å². The number of rotatable bonds is 3. The molecule has 1 aliphatic rings. The van der Waals surface area contributed by atoms with Crippen LogP contribution in [-0.4, -0.2) is 22.5 Å². The number of thioether (sulfide) groups is 1. The molecule has 2 unspecified atom stereocenters. The van der Waals surface area contributed by atoms with Crippen LogP contribution in [0.1, 0.15) is 25.7 Å². The van der Waals surface area contributed by atoms with Crippen molar-refractivity contribution in [1.29, 1.82) is 0 Å². The Labute approximate surface area is 122 Å².